The summed E-state index contributed by atoms with van der Waals surface area (Å²) in [7, 11) is 0. The summed E-state index contributed by atoms with van der Waals surface area (Å²) in [5.41, 5.74) is -0.981. The molecule has 0 radical (unpaired) electrons. The summed E-state index contributed by atoms with van der Waals surface area (Å²) < 4.78 is 0. The predicted octanol–water partition coefficient (Wildman–Crippen LogP) is 0.551. The molecule has 1 aliphatic carbocycles. The lowest BCUT2D eigenvalue weighted by Gasteiger charge is -2.37. The molecule has 1 N–H and O–H groups in total. The minimum Gasteiger partial charge on any atom is -0.389 e. The maximum atomic E-state index is 10.6. The van der Waals surface area contributed by atoms with Gasteiger partial charge in [0, 0.05) is 5.92 Å². The van der Waals surface area contributed by atoms with Crippen molar-refractivity contribution >= 4 is 12.6 Å². The molecular formula is C9H14O3. The van der Waals surface area contributed by atoms with Crippen molar-refractivity contribution in [3.8, 4) is 0 Å². The van der Waals surface area contributed by atoms with Crippen molar-refractivity contribution in [3.63, 3.8) is 0 Å². The van der Waals surface area contributed by atoms with Crippen LogP contribution in [0.25, 0.3) is 0 Å². The molecule has 1 saturated carbocycles. The number of hydrogen-bond acceptors (Lipinski definition) is 3. The Morgan fingerprint density at radius 2 is 2.08 bits per heavy atom. The van der Waals surface area contributed by atoms with Crippen LogP contribution in [0.5, 0.6) is 0 Å². The first-order valence-corrected chi connectivity index (χ1v) is 4.25. The molecule has 3 heteroatoms. The lowest BCUT2D eigenvalue weighted by Crippen LogP contribution is -2.44. The van der Waals surface area contributed by atoms with Gasteiger partial charge in [-0.05, 0) is 26.2 Å². The van der Waals surface area contributed by atoms with E-state index in [4.69, 9.17) is 0 Å². The highest BCUT2D eigenvalue weighted by molar-refractivity contribution is 5.66. The third-order valence-electron chi connectivity index (χ3n) is 2.72. The van der Waals surface area contributed by atoms with Crippen LogP contribution >= 0.6 is 0 Å². The van der Waals surface area contributed by atoms with E-state index in [1.165, 1.54) is 0 Å². The van der Waals surface area contributed by atoms with E-state index in [-0.39, 0.29) is 5.92 Å². The normalized spacial score (nSPS) is 42.2. The molecule has 3 unspecified atom stereocenters. The first-order chi connectivity index (χ1) is 5.61. The summed E-state index contributed by atoms with van der Waals surface area (Å²) in [5, 5.41) is 9.75. The summed E-state index contributed by atoms with van der Waals surface area (Å²) in [6, 6.07) is 0. The number of carbonyl (C=O) groups excluding carboxylic acids is 2. The Kier molecular flexibility index (Phi) is 2.62. The molecule has 68 valence electrons. The number of hydrogen-bond donors (Lipinski definition) is 1. The fraction of sp³-hybridized carbons (Fsp3) is 0.778. The van der Waals surface area contributed by atoms with Crippen LogP contribution in [0, 0.1) is 11.8 Å². The molecule has 0 heterocycles. The highest BCUT2D eigenvalue weighted by atomic mass is 16.3. The zero-order valence-electron chi connectivity index (χ0n) is 7.19. The van der Waals surface area contributed by atoms with Gasteiger partial charge in [0.2, 0.25) is 0 Å². The summed E-state index contributed by atoms with van der Waals surface area (Å²) >= 11 is 0. The van der Waals surface area contributed by atoms with E-state index in [0.29, 0.717) is 12.7 Å². The maximum Gasteiger partial charge on any atom is 0.126 e. The Morgan fingerprint density at radius 3 is 2.50 bits per heavy atom. The van der Waals surface area contributed by atoms with E-state index >= 15 is 0 Å². The average molecular weight is 170 g/mol. The second kappa shape index (κ2) is 3.35. The quantitative estimate of drug-likeness (QED) is 0.616. The molecule has 0 saturated heterocycles. The van der Waals surface area contributed by atoms with Gasteiger partial charge in [-0.3, -0.25) is 0 Å². The van der Waals surface area contributed by atoms with Crippen molar-refractivity contribution in [2.75, 3.05) is 0 Å². The molecule has 3 nitrogen and oxygen atoms in total. The first-order valence-electron chi connectivity index (χ1n) is 4.25. The maximum absolute atomic E-state index is 10.6. The van der Waals surface area contributed by atoms with Crippen molar-refractivity contribution in [2.24, 2.45) is 11.8 Å². The van der Waals surface area contributed by atoms with Crippen molar-refractivity contribution in [1.29, 1.82) is 0 Å². The predicted molar refractivity (Wildman–Crippen MR) is 43.6 cm³/mol. The van der Waals surface area contributed by atoms with Gasteiger partial charge in [-0.1, -0.05) is 0 Å². The van der Waals surface area contributed by atoms with Gasteiger partial charge in [0.1, 0.15) is 12.6 Å². The van der Waals surface area contributed by atoms with Crippen molar-refractivity contribution in [3.05, 3.63) is 0 Å². The van der Waals surface area contributed by atoms with Crippen LogP contribution in [-0.4, -0.2) is 23.3 Å². The fourth-order valence-electron chi connectivity index (χ4n) is 1.90. The van der Waals surface area contributed by atoms with Crippen LogP contribution in [0.1, 0.15) is 26.2 Å². The van der Waals surface area contributed by atoms with E-state index in [1.54, 1.807) is 6.92 Å². The first kappa shape index (κ1) is 9.39. The number of carbonyl (C=O) groups is 2. The van der Waals surface area contributed by atoms with E-state index < -0.39 is 11.5 Å². The second-order valence-corrected chi connectivity index (χ2v) is 3.71. The van der Waals surface area contributed by atoms with E-state index in [9.17, 15) is 14.7 Å². The van der Waals surface area contributed by atoms with Crippen LogP contribution in [0.2, 0.25) is 0 Å². The van der Waals surface area contributed by atoms with Crippen molar-refractivity contribution < 1.29 is 14.7 Å². The molecule has 0 bridgehead atoms. The van der Waals surface area contributed by atoms with Crippen LogP contribution < -0.4 is 0 Å². The summed E-state index contributed by atoms with van der Waals surface area (Å²) in [5.74, 6) is -0.796. The molecule has 3 atom stereocenters. The highest BCUT2D eigenvalue weighted by Gasteiger charge is 2.40. The Morgan fingerprint density at radius 1 is 1.42 bits per heavy atom. The molecule has 1 rings (SSSR count). The minimum absolute atomic E-state index is 0.286. The minimum atomic E-state index is -0.981. The molecule has 12 heavy (non-hydrogen) atoms. The largest absolute Gasteiger partial charge is 0.389 e. The van der Waals surface area contributed by atoms with Crippen LogP contribution in [0.4, 0.5) is 0 Å². The SMILES string of the molecule is CC1(O)CCCC(C=O)C1C=O. The molecule has 1 aliphatic rings. The van der Waals surface area contributed by atoms with E-state index in [2.05, 4.69) is 0 Å². The monoisotopic (exact) mass is 170 g/mol. The third kappa shape index (κ3) is 1.55. The van der Waals surface area contributed by atoms with Gasteiger partial charge in [-0.2, -0.15) is 0 Å². The van der Waals surface area contributed by atoms with Crippen molar-refractivity contribution in [1.82, 2.24) is 0 Å². The lowest BCUT2D eigenvalue weighted by atomic mass is 9.71. The number of aldehydes is 2. The number of aliphatic hydroxyl groups is 1. The molecule has 1 fully saturated rings. The Hall–Kier alpha value is -0.700. The van der Waals surface area contributed by atoms with E-state index in [1.807, 2.05) is 0 Å². The van der Waals surface area contributed by atoms with Crippen LogP contribution in [0.15, 0.2) is 0 Å². The topological polar surface area (TPSA) is 54.4 Å². The fourth-order valence-corrected chi connectivity index (χ4v) is 1.90. The van der Waals surface area contributed by atoms with Gasteiger partial charge in [-0.25, -0.2) is 0 Å². The van der Waals surface area contributed by atoms with Crippen molar-refractivity contribution in [2.45, 2.75) is 31.8 Å². The molecule has 0 aromatic rings. The van der Waals surface area contributed by atoms with Crippen LogP contribution in [-0.2, 0) is 9.59 Å². The molecule has 0 aromatic carbocycles. The summed E-state index contributed by atoms with van der Waals surface area (Å²) in [6.45, 7) is 1.63. The molecule has 0 aromatic heterocycles. The zero-order chi connectivity index (χ0) is 9.19. The van der Waals surface area contributed by atoms with Gasteiger partial charge in [0.25, 0.3) is 0 Å². The smallest absolute Gasteiger partial charge is 0.126 e. The summed E-state index contributed by atoms with van der Waals surface area (Å²) in [6.07, 6.45) is 3.65. The molecular weight excluding hydrogens is 156 g/mol. The average Bonchev–Trinajstić information content (AvgIpc) is 2.02. The van der Waals surface area contributed by atoms with Gasteiger partial charge >= 0.3 is 0 Å². The van der Waals surface area contributed by atoms with Gasteiger partial charge < -0.3 is 14.7 Å². The Labute approximate surface area is 71.8 Å². The Balaban J connectivity index is 2.79. The second-order valence-electron chi connectivity index (χ2n) is 3.71. The van der Waals surface area contributed by atoms with Crippen LogP contribution in [0.3, 0.4) is 0 Å². The lowest BCUT2D eigenvalue weighted by molar-refractivity contribution is -0.134. The Bertz CT molecular complexity index is 186. The third-order valence-corrected chi connectivity index (χ3v) is 2.72. The molecule has 0 spiro atoms. The number of rotatable bonds is 2. The van der Waals surface area contributed by atoms with Gasteiger partial charge in [0.15, 0.2) is 0 Å². The van der Waals surface area contributed by atoms with Gasteiger partial charge in [-0.15, -0.1) is 0 Å². The zero-order valence-corrected chi connectivity index (χ0v) is 7.19. The standard InChI is InChI=1S/C9H14O3/c1-9(12)4-2-3-7(5-10)8(9)6-11/h5-8,12H,2-4H2,1H3. The highest BCUT2D eigenvalue weighted by Crippen LogP contribution is 2.35. The summed E-state index contributed by atoms with van der Waals surface area (Å²) in [4.78, 5) is 21.2. The molecule has 0 amide bonds. The van der Waals surface area contributed by atoms with E-state index in [0.717, 1.165) is 19.1 Å². The van der Waals surface area contributed by atoms with Gasteiger partial charge in [0.05, 0.1) is 11.5 Å². The molecule has 0 aliphatic heterocycles.